The van der Waals surface area contributed by atoms with E-state index in [-0.39, 0.29) is 18.0 Å². The molecule has 6 heteroatoms. The summed E-state index contributed by atoms with van der Waals surface area (Å²) in [5.74, 6) is -0.00496. The van der Waals surface area contributed by atoms with E-state index >= 15 is 0 Å². The van der Waals surface area contributed by atoms with E-state index in [4.69, 9.17) is 0 Å². The van der Waals surface area contributed by atoms with Gasteiger partial charge in [-0.25, -0.2) is 4.79 Å². The van der Waals surface area contributed by atoms with Crippen molar-refractivity contribution < 1.29 is 9.59 Å². The molecule has 1 aliphatic heterocycles. The number of anilines is 1. The van der Waals surface area contributed by atoms with Gasteiger partial charge in [0.25, 0.3) is 0 Å². The predicted octanol–water partition coefficient (Wildman–Crippen LogP) is 2.83. The zero-order chi connectivity index (χ0) is 18.4. The standard InChI is InChI=1S/C19H30N4O2/c1-5-18(24)21-16-10-8-15(9-11-16)14(2)20-19(25)23-12-6-7-17(13-23)22(3)4/h8-11,14,17H,5-7,12-13H2,1-4H3,(H,20,25)(H,21,24)/t14-,17-/m1/s1. The lowest BCUT2D eigenvalue weighted by molar-refractivity contribution is -0.115. The van der Waals surface area contributed by atoms with Crippen LogP contribution in [0.4, 0.5) is 10.5 Å². The summed E-state index contributed by atoms with van der Waals surface area (Å²) < 4.78 is 0. The van der Waals surface area contributed by atoms with E-state index in [0.29, 0.717) is 12.5 Å². The van der Waals surface area contributed by atoms with Crippen molar-refractivity contribution >= 4 is 17.6 Å². The Balaban J connectivity index is 1.91. The summed E-state index contributed by atoms with van der Waals surface area (Å²) >= 11 is 0. The zero-order valence-electron chi connectivity index (χ0n) is 15.7. The van der Waals surface area contributed by atoms with Gasteiger partial charge in [-0.1, -0.05) is 19.1 Å². The fourth-order valence-electron chi connectivity index (χ4n) is 3.03. The lowest BCUT2D eigenvalue weighted by Gasteiger charge is -2.36. The number of nitrogens with one attached hydrogen (secondary N) is 2. The molecule has 1 heterocycles. The second-order valence-corrected chi connectivity index (χ2v) is 6.90. The molecule has 2 rings (SSSR count). The van der Waals surface area contributed by atoms with Gasteiger partial charge in [0.05, 0.1) is 6.04 Å². The van der Waals surface area contributed by atoms with Gasteiger partial charge in [0, 0.05) is 31.2 Å². The van der Waals surface area contributed by atoms with Gasteiger partial charge in [0.2, 0.25) is 5.91 Å². The van der Waals surface area contributed by atoms with Crippen LogP contribution in [-0.2, 0) is 4.79 Å². The Labute approximate surface area is 150 Å². The van der Waals surface area contributed by atoms with E-state index < -0.39 is 0 Å². The third-order valence-electron chi connectivity index (χ3n) is 4.77. The molecule has 0 bridgehead atoms. The minimum Gasteiger partial charge on any atom is -0.331 e. The highest BCUT2D eigenvalue weighted by atomic mass is 16.2. The van der Waals surface area contributed by atoms with Crippen molar-refractivity contribution in [3.63, 3.8) is 0 Å². The number of piperidine rings is 1. The van der Waals surface area contributed by atoms with Crippen molar-refractivity contribution in [3.05, 3.63) is 29.8 Å². The molecule has 0 radical (unpaired) electrons. The Bertz CT molecular complexity index is 586. The van der Waals surface area contributed by atoms with Crippen molar-refractivity contribution in [1.29, 1.82) is 0 Å². The van der Waals surface area contributed by atoms with Crippen LogP contribution in [0.15, 0.2) is 24.3 Å². The largest absolute Gasteiger partial charge is 0.331 e. The predicted molar refractivity (Wildman–Crippen MR) is 101 cm³/mol. The molecular weight excluding hydrogens is 316 g/mol. The molecule has 2 N–H and O–H groups in total. The number of likely N-dealkylation sites (tertiary alicyclic amines) is 1. The van der Waals surface area contributed by atoms with Crippen molar-refractivity contribution in [2.24, 2.45) is 0 Å². The first kappa shape index (κ1) is 19.2. The second-order valence-electron chi connectivity index (χ2n) is 6.90. The summed E-state index contributed by atoms with van der Waals surface area (Å²) in [7, 11) is 4.13. The molecule has 0 spiro atoms. The molecule has 2 atom stereocenters. The number of rotatable bonds is 5. The lowest BCUT2D eigenvalue weighted by Crippen LogP contribution is -2.51. The Morgan fingerprint density at radius 3 is 2.56 bits per heavy atom. The van der Waals surface area contributed by atoms with E-state index in [9.17, 15) is 9.59 Å². The van der Waals surface area contributed by atoms with Gasteiger partial charge in [-0.2, -0.15) is 0 Å². The van der Waals surface area contributed by atoms with Crippen LogP contribution in [0.3, 0.4) is 0 Å². The van der Waals surface area contributed by atoms with E-state index in [2.05, 4.69) is 29.6 Å². The number of amides is 3. The number of hydrogen-bond acceptors (Lipinski definition) is 3. The smallest absolute Gasteiger partial charge is 0.317 e. The highest BCUT2D eigenvalue weighted by molar-refractivity contribution is 5.90. The van der Waals surface area contributed by atoms with Crippen LogP contribution in [-0.4, -0.2) is 55.0 Å². The Kier molecular flexibility index (Phi) is 6.82. The molecule has 1 aliphatic rings. The first-order valence-corrected chi connectivity index (χ1v) is 9.02. The Hall–Kier alpha value is -2.08. The first-order valence-electron chi connectivity index (χ1n) is 9.02. The Morgan fingerprint density at radius 1 is 1.28 bits per heavy atom. The summed E-state index contributed by atoms with van der Waals surface area (Å²) in [5.41, 5.74) is 1.79. The number of hydrogen-bond donors (Lipinski definition) is 2. The monoisotopic (exact) mass is 346 g/mol. The van der Waals surface area contributed by atoms with Crippen LogP contribution in [0.5, 0.6) is 0 Å². The maximum Gasteiger partial charge on any atom is 0.317 e. The van der Waals surface area contributed by atoms with Crippen LogP contribution in [0.25, 0.3) is 0 Å². The number of benzene rings is 1. The van der Waals surface area contributed by atoms with Gasteiger partial charge in [0.1, 0.15) is 0 Å². The van der Waals surface area contributed by atoms with E-state index in [1.54, 1.807) is 0 Å². The molecule has 0 unspecified atom stereocenters. The molecule has 6 nitrogen and oxygen atoms in total. The molecule has 1 aromatic rings. The summed E-state index contributed by atoms with van der Waals surface area (Å²) in [6.07, 6.45) is 2.63. The molecule has 25 heavy (non-hydrogen) atoms. The molecule has 3 amide bonds. The second kappa shape index (κ2) is 8.85. The van der Waals surface area contributed by atoms with Gasteiger partial charge in [0.15, 0.2) is 0 Å². The maximum absolute atomic E-state index is 12.5. The fraction of sp³-hybridized carbons (Fsp3) is 0.579. The summed E-state index contributed by atoms with van der Waals surface area (Å²) in [4.78, 5) is 28.0. The topological polar surface area (TPSA) is 64.7 Å². The summed E-state index contributed by atoms with van der Waals surface area (Å²) in [6.45, 7) is 5.38. The average molecular weight is 346 g/mol. The normalized spacial score (nSPS) is 18.8. The molecule has 138 valence electrons. The number of nitrogens with zero attached hydrogens (tertiary/aromatic N) is 2. The molecule has 0 aliphatic carbocycles. The van der Waals surface area contributed by atoms with E-state index in [0.717, 1.165) is 37.2 Å². The minimum atomic E-state index is -0.0804. The lowest BCUT2D eigenvalue weighted by atomic mass is 10.1. The highest BCUT2D eigenvalue weighted by Gasteiger charge is 2.25. The third-order valence-corrected chi connectivity index (χ3v) is 4.77. The number of carbonyl (C=O) groups is 2. The minimum absolute atomic E-state index is 0.00496. The molecule has 1 aromatic carbocycles. The Morgan fingerprint density at radius 2 is 1.96 bits per heavy atom. The van der Waals surface area contributed by atoms with Gasteiger partial charge >= 0.3 is 6.03 Å². The summed E-state index contributed by atoms with van der Waals surface area (Å²) in [6, 6.07) is 7.95. The maximum atomic E-state index is 12.5. The number of likely N-dealkylation sites (N-methyl/N-ethyl adjacent to an activating group) is 1. The quantitative estimate of drug-likeness (QED) is 0.862. The van der Waals surface area contributed by atoms with Crippen molar-refractivity contribution in [2.45, 2.75) is 45.2 Å². The molecule has 0 aromatic heterocycles. The number of carbonyl (C=O) groups excluding carboxylic acids is 2. The molecule has 1 fully saturated rings. The fourth-order valence-corrected chi connectivity index (χ4v) is 3.03. The first-order chi connectivity index (χ1) is 11.9. The van der Waals surface area contributed by atoms with E-state index in [1.807, 2.05) is 43.0 Å². The molecule has 1 saturated heterocycles. The van der Waals surface area contributed by atoms with Crippen LogP contribution in [0.2, 0.25) is 0 Å². The van der Waals surface area contributed by atoms with Crippen molar-refractivity contribution in [3.8, 4) is 0 Å². The summed E-state index contributed by atoms with van der Waals surface area (Å²) in [5, 5.41) is 5.90. The van der Waals surface area contributed by atoms with Crippen molar-refractivity contribution in [1.82, 2.24) is 15.1 Å². The van der Waals surface area contributed by atoms with Crippen molar-refractivity contribution in [2.75, 3.05) is 32.5 Å². The third kappa shape index (κ3) is 5.46. The molecular formula is C19H30N4O2. The molecule has 0 saturated carbocycles. The van der Waals surface area contributed by atoms with Gasteiger partial charge in [-0.05, 0) is 51.6 Å². The van der Waals surface area contributed by atoms with Crippen LogP contribution < -0.4 is 10.6 Å². The average Bonchev–Trinajstić information content (AvgIpc) is 2.62. The number of urea groups is 1. The SMILES string of the molecule is CCC(=O)Nc1ccc([C@@H](C)NC(=O)N2CCC[C@@H](N(C)C)C2)cc1. The highest BCUT2D eigenvalue weighted by Crippen LogP contribution is 2.18. The zero-order valence-corrected chi connectivity index (χ0v) is 15.7. The van der Waals surface area contributed by atoms with Gasteiger partial charge in [-0.15, -0.1) is 0 Å². The van der Waals surface area contributed by atoms with Crippen LogP contribution >= 0.6 is 0 Å². The van der Waals surface area contributed by atoms with Gasteiger partial charge in [-0.3, -0.25) is 4.79 Å². The van der Waals surface area contributed by atoms with Gasteiger partial charge < -0.3 is 20.4 Å². The van der Waals surface area contributed by atoms with Crippen LogP contribution in [0.1, 0.15) is 44.7 Å². The van der Waals surface area contributed by atoms with E-state index in [1.165, 1.54) is 0 Å². The van der Waals surface area contributed by atoms with Crippen LogP contribution in [0, 0.1) is 0 Å².